The van der Waals surface area contributed by atoms with Crippen molar-refractivity contribution >= 4 is 51.5 Å². The number of ether oxygens (including phenoxy) is 3. The van der Waals surface area contributed by atoms with E-state index >= 15 is 0 Å². The molecule has 0 spiro atoms. The Balaban J connectivity index is 1.34. The van der Waals surface area contributed by atoms with E-state index in [1.807, 2.05) is 78.9 Å². The normalized spacial score (nSPS) is 14.3. The lowest BCUT2D eigenvalue weighted by Gasteiger charge is -2.26. The summed E-state index contributed by atoms with van der Waals surface area (Å²) in [6.45, 7) is 6.49. The van der Waals surface area contributed by atoms with E-state index in [0.717, 1.165) is 33.0 Å². The number of halogens is 1. The van der Waals surface area contributed by atoms with Gasteiger partial charge in [-0.15, -0.1) is 0 Å². The Morgan fingerprint density at radius 3 is 2.42 bits per heavy atom. The quantitative estimate of drug-likeness (QED) is 0.132. The van der Waals surface area contributed by atoms with Crippen molar-refractivity contribution in [1.82, 2.24) is 4.57 Å². The largest absolute Gasteiger partial charge is 0.493 e. The smallest absolute Gasteiger partial charge is 0.338 e. The second-order valence-electron chi connectivity index (χ2n) is 12.7. The van der Waals surface area contributed by atoms with Gasteiger partial charge in [0, 0.05) is 5.56 Å². The van der Waals surface area contributed by atoms with Crippen LogP contribution >= 0.6 is 22.9 Å². The Labute approximate surface area is 310 Å². The Morgan fingerprint density at radius 2 is 1.69 bits per heavy atom. The van der Waals surface area contributed by atoms with Gasteiger partial charge < -0.3 is 14.2 Å². The first kappa shape index (κ1) is 35.0. The van der Waals surface area contributed by atoms with Crippen LogP contribution in [-0.4, -0.2) is 24.3 Å². The van der Waals surface area contributed by atoms with Gasteiger partial charge >= 0.3 is 5.97 Å². The number of esters is 1. The molecule has 52 heavy (non-hydrogen) atoms. The topological polar surface area (TPSA) is 79.1 Å². The summed E-state index contributed by atoms with van der Waals surface area (Å²) in [5.74, 6) is 0.640. The molecule has 0 bridgehead atoms. The molecule has 9 heteroatoms. The van der Waals surface area contributed by atoms with E-state index < -0.39 is 12.0 Å². The highest BCUT2D eigenvalue weighted by molar-refractivity contribution is 7.07. The Kier molecular flexibility index (Phi) is 10.1. The average molecular weight is 729 g/mol. The van der Waals surface area contributed by atoms with Crippen molar-refractivity contribution in [2.24, 2.45) is 4.99 Å². The van der Waals surface area contributed by atoms with Crippen LogP contribution in [0.1, 0.15) is 60.5 Å². The van der Waals surface area contributed by atoms with E-state index in [4.69, 9.17) is 30.8 Å². The molecule has 1 atom stereocenters. The molecular weight excluding hydrogens is 692 g/mol. The standard InChI is InChI=1S/C43H37ClN2O5S/c1-5-50-42(48)37-38(30-13-7-6-8-14-30)45-43-46(39(37)31-20-18-28(19-21-31)26(2)3)41(47)36(52-43)24-27-22-34(44)40(35(23-27)49-4)51-25-32-16-11-15-29-12-9-10-17-33(29)32/h6-24,26,39H,5,25H2,1-4H3/b36-24-/t39-/m0/s1. The minimum absolute atomic E-state index is 0.179. The molecule has 1 aliphatic rings. The molecule has 0 fully saturated rings. The van der Waals surface area contributed by atoms with Gasteiger partial charge in [-0.2, -0.15) is 0 Å². The highest BCUT2D eigenvalue weighted by Gasteiger charge is 2.35. The summed E-state index contributed by atoms with van der Waals surface area (Å²) >= 11 is 8.08. The van der Waals surface area contributed by atoms with Gasteiger partial charge in [0.1, 0.15) is 6.61 Å². The first-order chi connectivity index (χ1) is 25.3. The summed E-state index contributed by atoms with van der Waals surface area (Å²) in [5, 5.41) is 2.57. The summed E-state index contributed by atoms with van der Waals surface area (Å²) < 4.78 is 19.6. The number of rotatable bonds is 10. The fraction of sp³-hybridized carbons (Fsp3) is 0.186. The molecule has 1 aromatic heterocycles. The van der Waals surface area contributed by atoms with Crippen LogP contribution in [0, 0.1) is 0 Å². The molecule has 5 aromatic carbocycles. The van der Waals surface area contributed by atoms with Crippen LogP contribution in [0.4, 0.5) is 0 Å². The minimum atomic E-state index is -0.767. The number of fused-ring (bicyclic) bond motifs is 2. The second kappa shape index (κ2) is 15.0. The van der Waals surface area contributed by atoms with Crippen molar-refractivity contribution < 1.29 is 19.0 Å². The van der Waals surface area contributed by atoms with Crippen LogP contribution in [0.5, 0.6) is 11.5 Å². The highest BCUT2D eigenvalue weighted by atomic mass is 35.5. The predicted octanol–water partition coefficient (Wildman–Crippen LogP) is 8.45. The molecular formula is C43H37ClN2O5S. The average Bonchev–Trinajstić information content (AvgIpc) is 3.47. The SMILES string of the molecule is CCOC(=O)C1=C(c2ccccc2)N=c2s/c(=C\c3cc(Cl)c(OCc4cccc5ccccc45)c(OC)c3)c(=O)n2[C@H]1c1ccc(C(C)C)cc1. The van der Waals surface area contributed by atoms with Gasteiger partial charge in [0.2, 0.25) is 0 Å². The molecule has 7 nitrogen and oxygen atoms in total. The molecule has 2 heterocycles. The summed E-state index contributed by atoms with van der Waals surface area (Å²) in [4.78, 5) is 33.7. The van der Waals surface area contributed by atoms with Crippen molar-refractivity contribution in [1.29, 1.82) is 0 Å². The maximum absolute atomic E-state index is 14.4. The number of aromatic nitrogens is 1. The van der Waals surface area contributed by atoms with E-state index in [1.165, 1.54) is 11.3 Å². The van der Waals surface area contributed by atoms with Crippen molar-refractivity contribution in [2.75, 3.05) is 13.7 Å². The van der Waals surface area contributed by atoms with Crippen LogP contribution in [-0.2, 0) is 16.1 Å². The van der Waals surface area contributed by atoms with E-state index in [0.29, 0.717) is 55.2 Å². The molecule has 0 N–H and O–H groups in total. The van der Waals surface area contributed by atoms with E-state index in [9.17, 15) is 9.59 Å². The van der Waals surface area contributed by atoms with Crippen molar-refractivity contribution in [3.8, 4) is 11.5 Å². The monoisotopic (exact) mass is 728 g/mol. The van der Waals surface area contributed by atoms with E-state index in [1.54, 1.807) is 36.8 Å². The number of hydrogen-bond donors (Lipinski definition) is 0. The van der Waals surface area contributed by atoms with E-state index in [2.05, 4.69) is 32.0 Å². The molecule has 0 aliphatic carbocycles. The van der Waals surface area contributed by atoms with Crippen LogP contribution in [0.25, 0.3) is 22.5 Å². The lowest BCUT2D eigenvalue weighted by molar-refractivity contribution is -0.138. The molecule has 6 aromatic rings. The van der Waals surface area contributed by atoms with Crippen LogP contribution < -0.4 is 24.4 Å². The number of nitrogens with zero attached hydrogens (tertiary/aromatic N) is 2. The summed E-state index contributed by atoms with van der Waals surface area (Å²) in [7, 11) is 1.56. The molecule has 0 saturated heterocycles. The molecule has 0 unspecified atom stereocenters. The molecule has 262 valence electrons. The van der Waals surface area contributed by atoms with Crippen LogP contribution in [0.15, 0.2) is 125 Å². The second-order valence-corrected chi connectivity index (χ2v) is 14.1. The number of benzene rings is 5. The zero-order valence-corrected chi connectivity index (χ0v) is 30.8. The first-order valence-corrected chi connectivity index (χ1v) is 18.3. The van der Waals surface area contributed by atoms with Gasteiger partial charge in [-0.1, -0.05) is 134 Å². The first-order valence-electron chi connectivity index (χ1n) is 17.1. The van der Waals surface area contributed by atoms with Gasteiger partial charge in [0.05, 0.1) is 40.6 Å². The van der Waals surface area contributed by atoms with Gasteiger partial charge in [-0.05, 0) is 64.1 Å². The molecule has 7 rings (SSSR count). The maximum atomic E-state index is 14.4. The van der Waals surface area contributed by atoms with Gasteiger partial charge in [0.15, 0.2) is 16.3 Å². The Morgan fingerprint density at radius 1 is 0.962 bits per heavy atom. The predicted molar refractivity (Wildman–Crippen MR) is 208 cm³/mol. The lowest BCUT2D eigenvalue weighted by Crippen LogP contribution is -2.40. The van der Waals surface area contributed by atoms with Crippen LogP contribution in [0.2, 0.25) is 5.02 Å². The summed E-state index contributed by atoms with van der Waals surface area (Å²) in [6, 6.07) is 34.6. The maximum Gasteiger partial charge on any atom is 0.338 e. The van der Waals surface area contributed by atoms with Crippen molar-refractivity contribution in [3.05, 3.63) is 167 Å². The zero-order chi connectivity index (χ0) is 36.4. The summed E-state index contributed by atoms with van der Waals surface area (Å²) in [6.07, 6.45) is 1.77. The third-order valence-electron chi connectivity index (χ3n) is 9.09. The zero-order valence-electron chi connectivity index (χ0n) is 29.3. The minimum Gasteiger partial charge on any atom is -0.493 e. The van der Waals surface area contributed by atoms with Gasteiger partial charge in [-0.25, -0.2) is 9.79 Å². The fourth-order valence-corrected chi connectivity index (χ4v) is 7.78. The fourth-order valence-electron chi connectivity index (χ4n) is 6.50. The number of thiazole rings is 1. The third kappa shape index (κ3) is 6.79. The molecule has 1 aliphatic heterocycles. The number of carbonyl (C=O) groups excluding carboxylic acids is 1. The Bertz CT molecular complexity index is 2500. The van der Waals surface area contributed by atoms with Crippen LogP contribution in [0.3, 0.4) is 0 Å². The number of carbonyl (C=O) groups is 1. The third-order valence-corrected chi connectivity index (χ3v) is 10.4. The van der Waals surface area contributed by atoms with Gasteiger partial charge in [-0.3, -0.25) is 9.36 Å². The lowest BCUT2D eigenvalue weighted by atomic mass is 9.91. The number of methoxy groups -OCH3 is 1. The Hall–Kier alpha value is -5.44. The summed E-state index contributed by atoms with van der Waals surface area (Å²) in [5.41, 5.74) is 4.84. The molecule has 0 saturated carbocycles. The van der Waals surface area contributed by atoms with Crippen molar-refractivity contribution in [2.45, 2.75) is 39.3 Å². The molecule has 0 amide bonds. The van der Waals surface area contributed by atoms with Crippen molar-refractivity contribution in [3.63, 3.8) is 0 Å². The van der Waals surface area contributed by atoms with Gasteiger partial charge in [0.25, 0.3) is 5.56 Å². The highest BCUT2D eigenvalue weighted by Crippen LogP contribution is 2.38. The van der Waals surface area contributed by atoms with E-state index in [-0.39, 0.29) is 12.2 Å². The number of hydrogen-bond acceptors (Lipinski definition) is 7. The molecule has 0 radical (unpaired) electrons.